The molecule has 5 heteroatoms. The molecule has 22 heavy (non-hydrogen) atoms. The van der Waals surface area contributed by atoms with Gasteiger partial charge in [-0.3, -0.25) is 9.78 Å². The minimum absolute atomic E-state index is 0.114. The molecule has 0 spiro atoms. The van der Waals surface area contributed by atoms with E-state index in [0.717, 1.165) is 24.8 Å². The SMILES string of the molecule is Cc1nc2cc(F)ccc2cc1C(=O)NC1CCCNC1C. The van der Waals surface area contributed by atoms with Crippen LogP contribution in [0.4, 0.5) is 4.39 Å². The van der Waals surface area contributed by atoms with Gasteiger partial charge in [-0.25, -0.2) is 4.39 Å². The van der Waals surface area contributed by atoms with Crippen LogP contribution in [0.25, 0.3) is 10.9 Å². The first-order chi connectivity index (χ1) is 10.5. The number of carbonyl (C=O) groups is 1. The molecule has 3 rings (SSSR count). The van der Waals surface area contributed by atoms with Crippen molar-refractivity contribution in [3.63, 3.8) is 0 Å². The Morgan fingerprint density at radius 2 is 2.23 bits per heavy atom. The van der Waals surface area contributed by atoms with Gasteiger partial charge in [0.1, 0.15) is 5.82 Å². The van der Waals surface area contributed by atoms with E-state index in [9.17, 15) is 9.18 Å². The number of carbonyl (C=O) groups excluding carboxylic acids is 1. The minimum atomic E-state index is -0.321. The summed E-state index contributed by atoms with van der Waals surface area (Å²) in [7, 11) is 0. The third kappa shape index (κ3) is 2.95. The molecule has 2 unspecified atom stereocenters. The Hall–Kier alpha value is -2.01. The fourth-order valence-electron chi connectivity index (χ4n) is 2.95. The molecule has 1 amide bonds. The van der Waals surface area contributed by atoms with E-state index in [4.69, 9.17) is 0 Å². The molecule has 1 fully saturated rings. The van der Waals surface area contributed by atoms with Gasteiger partial charge in [0.25, 0.3) is 5.91 Å². The summed E-state index contributed by atoms with van der Waals surface area (Å²) in [6, 6.07) is 6.60. The Balaban J connectivity index is 1.87. The molecule has 2 atom stereocenters. The molecule has 0 saturated carbocycles. The van der Waals surface area contributed by atoms with Crippen LogP contribution in [0.2, 0.25) is 0 Å². The number of rotatable bonds is 2. The maximum Gasteiger partial charge on any atom is 0.253 e. The molecule has 0 aliphatic carbocycles. The monoisotopic (exact) mass is 301 g/mol. The van der Waals surface area contributed by atoms with Gasteiger partial charge < -0.3 is 10.6 Å². The lowest BCUT2D eigenvalue weighted by molar-refractivity contribution is 0.0919. The largest absolute Gasteiger partial charge is 0.348 e. The normalized spacial score (nSPS) is 21.8. The van der Waals surface area contributed by atoms with Gasteiger partial charge in [-0.15, -0.1) is 0 Å². The number of hydrogen-bond donors (Lipinski definition) is 2. The van der Waals surface area contributed by atoms with Crippen LogP contribution in [0.15, 0.2) is 24.3 Å². The molecule has 2 heterocycles. The Morgan fingerprint density at radius 3 is 3.00 bits per heavy atom. The molecule has 0 bridgehead atoms. The minimum Gasteiger partial charge on any atom is -0.348 e. The van der Waals surface area contributed by atoms with Crippen molar-refractivity contribution in [2.45, 2.75) is 38.8 Å². The van der Waals surface area contributed by atoms with Crippen LogP contribution in [0.5, 0.6) is 0 Å². The van der Waals surface area contributed by atoms with Crippen molar-refractivity contribution in [3.8, 4) is 0 Å². The predicted octanol–water partition coefficient (Wildman–Crippen LogP) is 2.55. The zero-order valence-corrected chi connectivity index (χ0v) is 12.8. The smallest absolute Gasteiger partial charge is 0.253 e. The quantitative estimate of drug-likeness (QED) is 0.896. The molecule has 1 aliphatic heterocycles. The number of aromatic nitrogens is 1. The lowest BCUT2D eigenvalue weighted by Gasteiger charge is -2.30. The van der Waals surface area contributed by atoms with Crippen LogP contribution in [0.1, 0.15) is 35.8 Å². The molecule has 4 nitrogen and oxygen atoms in total. The number of piperidine rings is 1. The van der Waals surface area contributed by atoms with Crippen LogP contribution >= 0.6 is 0 Å². The molecule has 1 aliphatic rings. The van der Waals surface area contributed by atoms with E-state index in [1.54, 1.807) is 19.1 Å². The van der Waals surface area contributed by atoms with E-state index in [1.807, 2.05) is 0 Å². The summed E-state index contributed by atoms with van der Waals surface area (Å²) in [5.74, 6) is -0.435. The van der Waals surface area contributed by atoms with Crippen molar-refractivity contribution in [1.82, 2.24) is 15.6 Å². The number of fused-ring (bicyclic) bond motifs is 1. The Labute approximate surface area is 129 Å². The van der Waals surface area contributed by atoms with Crippen LogP contribution in [-0.4, -0.2) is 29.5 Å². The number of nitrogens with one attached hydrogen (secondary N) is 2. The first-order valence-electron chi connectivity index (χ1n) is 7.66. The van der Waals surface area contributed by atoms with Crippen LogP contribution < -0.4 is 10.6 Å². The summed E-state index contributed by atoms with van der Waals surface area (Å²) in [5.41, 5.74) is 1.74. The number of hydrogen-bond acceptors (Lipinski definition) is 3. The topological polar surface area (TPSA) is 54.0 Å². The molecule has 1 aromatic heterocycles. The third-order valence-electron chi connectivity index (χ3n) is 4.29. The van der Waals surface area contributed by atoms with E-state index >= 15 is 0 Å². The number of halogens is 1. The number of aryl methyl sites for hydroxylation is 1. The van der Waals surface area contributed by atoms with Gasteiger partial charge in [0.2, 0.25) is 0 Å². The van der Waals surface area contributed by atoms with Gasteiger partial charge in [0, 0.05) is 23.5 Å². The fraction of sp³-hybridized carbons (Fsp3) is 0.412. The predicted molar refractivity (Wildman–Crippen MR) is 84.4 cm³/mol. The first kappa shape index (κ1) is 14.9. The van der Waals surface area contributed by atoms with Gasteiger partial charge in [-0.05, 0) is 51.4 Å². The Kier molecular flexibility index (Phi) is 4.07. The molecule has 2 aromatic rings. The number of pyridine rings is 1. The number of nitrogens with zero attached hydrogens (tertiary/aromatic N) is 1. The second kappa shape index (κ2) is 6.01. The zero-order chi connectivity index (χ0) is 15.7. The van der Waals surface area contributed by atoms with E-state index in [1.165, 1.54) is 12.1 Å². The summed E-state index contributed by atoms with van der Waals surface area (Å²) in [5, 5.41) is 7.22. The van der Waals surface area contributed by atoms with E-state index < -0.39 is 0 Å². The molecular weight excluding hydrogens is 281 g/mol. The van der Waals surface area contributed by atoms with Crippen molar-refractivity contribution < 1.29 is 9.18 Å². The average Bonchev–Trinajstić information content (AvgIpc) is 2.48. The molecule has 0 radical (unpaired) electrons. The standard InChI is InChI=1S/C17H20FN3O/c1-10-14(8-12-5-6-13(18)9-16(12)20-10)17(22)21-15-4-3-7-19-11(15)2/h5-6,8-9,11,15,19H,3-4,7H2,1-2H3,(H,21,22). The lowest BCUT2D eigenvalue weighted by atomic mass is 9.99. The summed E-state index contributed by atoms with van der Waals surface area (Å²) in [6.07, 6.45) is 2.04. The third-order valence-corrected chi connectivity index (χ3v) is 4.29. The van der Waals surface area contributed by atoms with E-state index in [2.05, 4.69) is 22.5 Å². The van der Waals surface area contributed by atoms with Gasteiger partial charge in [0.15, 0.2) is 0 Å². The van der Waals surface area contributed by atoms with Gasteiger partial charge in [-0.1, -0.05) is 0 Å². The van der Waals surface area contributed by atoms with Crippen LogP contribution in [0, 0.1) is 12.7 Å². The van der Waals surface area contributed by atoms with E-state index in [-0.39, 0.29) is 23.8 Å². The molecule has 2 N–H and O–H groups in total. The van der Waals surface area contributed by atoms with E-state index in [0.29, 0.717) is 16.8 Å². The molecule has 116 valence electrons. The summed E-state index contributed by atoms with van der Waals surface area (Å²) in [6.45, 7) is 4.86. The summed E-state index contributed by atoms with van der Waals surface area (Å²) in [4.78, 5) is 16.9. The van der Waals surface area contributed by atoms with Gasteiger partial charge in [-0.2, -0.15) is 0 Å². The van der Waals surface area contributed by atoms with Crippen molar-refractivity contribution in [2.24, 2.45) is 0 Å². The van der Waals surface area contributed by atoms with Crippen molar-refractivity contribution in [3.05, 3.63) is 41.3 Å². The van der Waals surface area contributed by atoms with Crippen molar-refractivity contribution >= 4 is 16.8 Å². The molecular formula is C17H20FN3O. The first-order valence-corrected chi connectivity index (χ1v) is 7.66. The maximum absolute atomic E-state index is 13.3. The zero-order valence-electron chi connectivity index (χ0n) is 12.8. The highest BCUT2D eigenvalue weighted by atomic mass is 19.1. The number of benzene rings is 1. The van der Waals surface area contributed by atoms with Crippen molar-refractivity contribution in [1.29, 1.82) is 0 Å². The second-order valence-electron chi connectivity index (χ2n) is 5.92. The average molecular weight is 301 g/mol. The van der Waals surface area contributed by atoms with Crippen molar-refractivity contribution in [2.75, 3.05) is 6.54 Å². The van der Waals surface area contributed by atoms with Gasteiger partial charge in [0.05, 0.1) is 16.8 Å². The second-order valence-corrected chi connectivity index (χ2v) is 5.92. The summed E-state index contributed by atoms with van der Waals surface area (Å²) >= 11 is 0. The highest BCUT2D eigenvalue weighted by Gasteiger charge is 2.23. The van der Waals surface area contributed by atoms with Gasteiger partial charge >= 0.3 is 0 Å². The van der Waals surface area contributed by atoms with Crippen LogP contribution in [-0.2, 0) is 0 Å². The summed E-state index contributed by atoms with van der Waals surface area (Å²) < 4.78 is 13.3. The molecule has 1 aromatic carbocycles. The highest BCUT2D eigenvalue weighted by Crippen LogP contribution is 2.18. The Morgan fingerprint density at radius 1 is 1.41 bits per heavy atom. The fourth-order valence-corrected chi connectivity index (χ4v) is 2.95. The highest BCUT2D eigenvalue weighted by molar-refractivity contribution is 5.98. The maximum atomic E-state index is 13.3. The Bertz CT molecular complexity index is 716. The number of amides is 1. The van der Waals surface area contributed by atoms with Crippen LogP contribution in [0.3, 0.4) is 0 Å². The molecule has 1 saturated heterocycles. The lowest BCUT2D eigenvalue weighted by Crippen LogP contribution is -2.52.